The lowest BCUT2D eigenvalue weighted by atomic mass is 9.98. The molecule has 2 atom stereocenters. The van der Waals surface area contributed by atoms with Crippen LogP contribution < -0.4 is 10.6 Å². The van der Waals surface area contributed by atoms with Crippen LogP contribution in [0.1, 0.15) is 50.1 Å². The van der Waals surface area contributed by atoms with Gasteiger partial charge in [0.2, 0.25) is 0 Å². The summed E-state index contributed by atoms with van der Waals surface area (Å²) >= 11 is 7.47. The second kappa shape index (κ2) is 10.7. The summed E-state index contributed by atoms with van der Waals surface area (Å²) in [6.45, 7) is 2.22. The standard InChI is InChI=1S/C26H29ClN6O4S.ClH/c1-32-8-4-18-21(13-32)38-24(31-18)23(35)30-20-12-33(25(36)26(37)6-7-26)9-5-17(20)29-22(34)19-11-14-10-15(27)2-3-16(14)28-19;/h2-3,10-11,17,20,28,37H,4-9,12-13H2,1H3,(H,29,34)(H,30,35);1H/t17-,20+;/m0./s1. The molecule has 10 nitrogen and oxygen atoms in total. The molecule has 39 heavy (non-hydrogen) atoms. The molecular formula is C26H30Cl2N6O4S. The number of carbonyl (C=O) groups is 3. The molecule has 4 N–H and O–H groups in total. The Hall–Kier alpha value is -2.70. The number of hydrogen-bond acceptors (Lipinski definition) is 7. The van der Waals surface area contributed by atoms with Gasteiger partial charge in [-0.3, -0.25) is 14.4 Å². The summed E-state index contributed by atoms with van der Waals surface area (Å²) in [5.74, 6) is -0.951. The average Bonchev–Trinajstić information content (AvgIpc) is 3.31. The number of nitrogens with zero attached hydrogens (tertiary/aromatic N) is 3. The zero-order chi connectivity index (χ0) is 26.6. The van der Waals surface area contributed by atoms with E-state index >= 15 is 0 Å². The summed E-state index contributed by atoms with van der Waals surface area (Å²) in [7, 11) is 2.04. The summed E-state index contributed by atoms with van der Waals surface area (Å²) < 4.78 is 0. The smallest absolute Gasteiger partial charge is 0.280 e. The number of rotatable bonds is 5. The predicted molar refractivity (Wildman–Crippen MR) is 151 cm³/mol. The Bertz CT molecular complexity index is 1440. The van der Waals surface area contributed by atoms with Gasteiger partial charge < -0.3 is 30.5 Å². The molecule has 1 saturated heterocycles. The third-order valence-electron chi connectivity index (χ3n) is 7.60. The van der Waals surface area contributed by atoms with E-state index in [9.17, 15) is 19.5 Å². The van der Waals surface area contributed by atoms with Crippen molar-refractivity contribution in [1.29, 1.82) is 0 Å². The van der Waals surface area contributed by atoms with E-state index < -0.39 is 17.7 Å². The summed E-state index contributed by atoms with van der Waals surface area (Å²) in [6, 6.07) is 6.13. The first kappa shape index (κ1) is 27.9. The minimum Gasteiger partial charge on any atom is -0.380 e. The molecule has 1 aromatic carbocycles. The molecule has 0 bridgehead atoms. The molecule has 6 rings (SSSR count). The minimum absolute atomic E-state index is 0. The van der Waals surface area contributed by atoms with Gasteiger partial charge in [-0.05, 0) is 50.6 Å². The zero-order valence-electron chi connectivity index (χ0n) is 21.3. The normalized spacial score (nSPS) is 22.1. The Kier molecular flexibility index (Phi) is 7.64. The van der Waals surface area contributed by atoms with Crippen molar-refractivity contribution in [2.24, 2.45) is 0 Å². The zero-order valence-corrected chi connectivity index (χ0v) is 23.7. The number of likely N-dealkylation sites (tertiary alicyclic amines) is 1. The number of aliphatic hydroxyl groups is 1. The molecule has 4 heterocycles. The van der Waals surface area contributed by atoms with Gasteiger partial charge in [-0.25, -0.2) is 4.98 Å². The Morgan fingerprint density at radius 2 is 1.92 bits per heavy atom. The molecule has 2 aliphatic heterocycles. The van der Waals surface area contributed by atoms with E-state index in [2.05, 4.69) is 25.5 Å². The van der Waals surface area contributed by atoms with Crippen LogP contribution in [0.3, 0.4) is 0 Å². The van der Waals surface area contributed by atoms with Crippen LogP contribution in [0.4, 0.5) is 0 Å². The first-order valence-electron chi connectivity index (χ1n) is 12.8. The SMILES string of the molecule is CN1CCc2nc(C(=O)N[C@@H]3CN(C(=O)C4(O)CC4)CC[C@@H]3NC(=O)c3cc4cc(Cl)ccc4[nH]3)sc2C1.Cl. The number of fused-ring (bicyclic) bond motifs is 2. The Morgan fingerprint density at radius 1 is 1.15 bits per heavy atom. The lowest BCUT2D eigenvalue weighted by Gasteiger charge is -2.39. The molecule has 1 aliphatic carbocycles. The molecule has 2 aromatic heterocycles. The quantitative estimate of drug-likeness (QED) is 0.360. The van der Waals surface area contributed by atoms with Crippen molar-refractivity contribution >= 4 is 64.0 Å². The second-order valence-electron chi connectivity index (χ2n) is 10.5. The Labute approximate surface area is 240 Å². The summed E-state index contributed by atoms with van der Waals surface area (Å²) in [5, 5.41) is 18.2. The van der Waals surface area contributed by atoms with Gasteiger partial charge in [0.15, 0.2) is 5.01 Å². The number of nitrogens with one attached hydrogen (secondary N) is 3. The highest BCUT2D eigenvalue weighted by atomic mass is 35.5. The highest BCUT2D eigenvalue weighted by molar-refractivity contribution is 7.13. The summed E-state index contributed by atoms with van der Waals surface area (Å²) in [5.41, 5.74) is 0.839. The van der Waals surface area contributed by atoms with E-state index in [0.29, 0.717) is 41.5 Å². The maximum Gasteiger partial charge on any atom is 0.280 e. The van der Waals surface area contributed by atoms with Crippen molar-refractivity contribution in [2.75, 3.05) is 26.7 Å². The molecule has 208 valence electrons. The lowest BCUT2D eigenvalue weighted by molar-refractivity contribution is -0.144. The second-order valence-corrected chi connectivity index (χ2v) is 12.0. The van der Waals surface area contributed by atoms with Gasteiger partial charge in [0.1, 0.15) is 11.3 Å². The predicted octanol–water partition coefficient (Wildman–Crippen LogP) is 2.34. The Balaban J connectivity index is 0.00000308. The monoisotopic (exact) mass is 592 g/mol. The number of halogens is 2. The fourth-order valence-corrected chi connectivity index (χ4v) is 6.48. The van der Waals surface area contributed by atoms with Crippen molar-refractivity contribution in [3.8, 4) is 0 Å². The summed E-state index contributed by atoms with van der Waals surface area (Å²) in [6.07, 6.45) is 2.13. The number of H-pyrrole nitrogens is 1. The number of piperidine rings is 1. The number of thiazole rings is 1. The third-order valence-corrected chi connectivity index (χ3v) is 8.91. The van der Waals surface area contributed by atoms with Gasteiger partial charge in [-0.2, -0.15) is 0 Å². The van der Waals surface area contributed by atoms with Crippen molar-refractivity contribution in [3.63, 3.8) is 0 Å². The van der Waals surface area contributed by atoms with Crippen LogP contribution in [0, 0.1) is 0 Å². The van der Waals surface area contributed by atoms with Crippen LogP contribution in [-0.2, 0) is 17.8 Å². The van der Waals surface area contributed by atoms with Crippen molar-refractivity contribution in [3.05, 3.63) is 50.6 Å². The number of carbonyl (C=O) groups excluding carboxylic acids is 3. The van der Waals surface area contributed by atoms with Crippen molar-refractivity contribution < 1.29 is 19.5 Å². The van der Waals surface area contributed by atoms with E-state index in [1.807, 2.05) is 13.1 Å². The molecular weight excluding hydrogens is 563 g/mol. The van der Waals surface area contributed by atoms with Crippen molar-refractivity contribution in [1.82, 2.24) is 30.4 Å². The number of aromatic nitrogens is 2. The third kappa shape index (κ3) is 5.64. The number of aromatic amines is 1. The van der Waals surface area contributed by atoms with Crippen LogP contribution in [0.5, 0.6) is 0 Å². The molecule has 0 spiro atoms. The van der Waals surface area contributed by atoms with Gasteiger partial charge in [0, 0.05) is 53.4 Å². The van der Waals surface area contributed by atoms with Crippen LogP contribution >= 0.6 is 35.3 Å². The molecule has 13 heteroatoms. The first-order chi connectivity index (χ1) is 18.2. The average molecular weight is 594 g/mol. The molecule has 3 aromatic rings. The number of likely N-dealkylation sites (N-methyl/N-ethyl adjacent to an activating group) is 1. The molecule has 0 unspecified atom stereocenters. The molecule has 0 radical (unpaired) electrons. The lowest BCUT2D eigenvalue weighted by Crippen LogP contribution is -2.62. The van der Waals surface area contributed by atoms with Crippen molar-refractivity contribution in [2.45, 2.75) is 49.9 Å². The van der Waals surface area contributed by atoms with E-state index in [4.69, 9.17) is 11.6 Å². The topological polar surface area (TPSA) is 131 Å². The van der Waals surface area contributed by atoms with Gasteiger partial charge >= 0.3 is 0 Å². The molecule has 2 fully saturated rings. The fraction of sp³-hybridized carbons (Fsp3) is 0.462. The van der Waals surface area contributed by atoms with Crippen LogP contribution in [0.15, 0.2) is 24.3 Å². The minimum atomic E-state index is -1.29. The molecule has 1 saturated carbocycles. The first-order valence-corrected chi connectivity index (χ1v) is 14.0. The van der Waals surface area contributed by atoms with Gasteiger partial charge in [0.05, 0.1) is 17.8 Å². The molecule has 3 amide bonds. The van der Waals surface area contributed by atoms with E-state index in [1.165, 1.54) is 11.3 Å². The maximum absolute atomic E-state index is 13.3. The molecule has 3 aliphatic rings. The van der Waals surface area contributed by atoms with Gasteiger partial charge in [-0.15, -0.1) is 23.7 Å². The van der Waals surface area contributed by atoms with Crippen LogP contribution in [0.25, 0.3) is 10.9 Å². The number of hydrogen-bond donors (Lipinski definition) is 4. The highest BCUT2D eigenvalue weighted by Crippen LogP contribution is 2.37. The largest absolute Gasteiger partial charge is 0.380 e. The van der Waals surface area contributed by atoms with Gasteiger partial charge in [-0.1, -0.05) is 11.6 Å². The number of benzene rings is 1. The van der Waals surface area contributed by atoms with Crippen LogP contribution in [-0.4, -0.2) is 87.0 Å². The number of amides is 3. The summed E-state index contributed by atoms with van der Waals surface area (Å²) in [4.78, 5) is 51.9. The van der Waals surface area contributed by atoms with E-state index in [-0.39, 0.29) is 36.7 Å². The van der Waals surface area contributed by atoms with E-state index in [0.717, 1.165) is 41.0 Å². The fourth-order valence-electron chi connectivity index (χ4n) is 5.20. The Morgan fingerprint density at radius 3 is 2.69 bits per heavy atom. The van der Waals surface area contributed by atoms with Gasteiger partial charge in [0.25, 0.3) is 17.7 Å². The van der Waals surface area contributed by atoms with Crippen LogP contribution in [0.2, 0.25) is 5.02 Å². The maximum atomic E-state index is 13.3. The highest BCUT2D eigenvalue weighted by Gasteiger charge is 2.51. The van der Waals surface area contributed by atoms with E-state index in [1.54, 1.807) is 23.1 Å².